The molecule has 25 heavy (non-hydrogen) atoms. The second-order valence-corrected chi connectivity index (χ2v) is 5.09. The molecule has 0 bridgehead atoms. The molecule has 0 aliphatic carbocycles. The summed E-state index contributed by atoms with van der Waals surface area (Å²) in [7, 11) is 0. The van der Waals surface area contributed by atoms with Crippen molar-refractivity contribution in [1.82, 2.24) is 0 Å². The lowest BCUT2D eigenvalue weighted by Gasteiger charge is -2.08. The van der Waals surface area contributed by atoms with Crippen LogP contribution in [0.5, 0.6) is 5.75 Å². The van der Waals surface area contributed by atoms with Crippen molar-refractivity contribution < 1.29 is 27.8 Å². The summed E-state index contributed by atoms with van der Waals surface area (Å²) in [6.45, 7) is 1.85. The normalized spacial score (nSPS) is 10.2. The van der Waals surface area contributed by atoms with Gasteiger partial charge in [-0.3, -0.25) is 9.59 Å². The first-order valence-electron chi connectivity index (χ1n) is 7.60. The smallest absolute Gasteiger partial charge is 0.310 e. The fourth-order valence-electron chi connectivity index (χ4n) is 2.01. The van der Waals surface area contributed by atoms with E-state index in [1.54, 1.807) is 24.3 Å². The van der Waals surface area contributed by atoms with Crippen molar-refractivity contribution in [3.05, 3.63) is 59.7 Å². The third kappa shape index (κ3) is 5.87. The highest BCUT2D eigenvalue weighted by Gasteiger charge is 2.11. The Bertz CT molecular complexity index is 747. The molecule has 2 aromatic carbocycles. The molecule has 0 radical (unpaired) electrons. The molecule has 0 atom stereocenters. The first-order chi connectivity index (χ1) is 12.0. The SMILES string of the molecule is CCOc1ccc(CC(=O)OCC(=O)Nc2ccc(F)cc2F)cc1. The maximum atomic E-state index is 13.4. The van der Waals surface area contributed by atoms with Crippen molar-refractivity contribution in [1.29, 1.82) is 0 Å². The molecule has 2 aromatic rings. The summed E-state index contributed by atoms with van der Waals surface area (Å²) in [6.07, 6.45) is -0.00933. The van der Waals surface area contributed by atoms with Gasteiger partial charge in [0.1, 0.15) is 17.4 Å². The van der Waals surface area contributed by atoms with Gasteiger partial charge in [0, 0.05) is 6.07 Å². The maximum Gasteiger partial charge on any atom is 0.310 e. The van der Waals surface area contributed by atoms with E-state index in [0.717, 1.165) is 12.1 Å². The first-order valence-corrected chi connectivity index (χ1v) is 7.60. The molecule has 0 aliphatic rings. The van der Waals surface area contributed by atoms with Crippen LogP contribution in [0.2, 0.25) is 0 Å². The van der Waals surface area contributed by atoms with E-state index in [9.17, 15) is 18.4 Å². The van der Waals surface area contributed by atoms with E-state index in [-0.39, 0.29) is 12.1 Å². The van der Waals surface area contributed by atoms with Gasteiger partial charge in [0.2, 0.25) is 0 Å². The van der Waals surface area contributed by atoms with Crippen molar-refractivity contribution >= 4 is 17.6 Å². The Labute approximate surface area is 143 Å². The Balaban J connectivity index is 1.79. The topological polar surface area (TPSA) is 64.6 Å². The monoisotopic (exact) mass is 349 g/mol. The Hall–Kier alpha value is -2.96. The molecule has 0 spiro atoms. The van der Waals surface area contributed by atoms with E-state index < -0.39 is 30.1 Å². The Morgan fingerprint density at radius 2 is 1.80 bits per heavy atom. The highest BCUT2D eigenvalue weighted by atomic mass is 19.1. The number of esters is 1. The van der Waals surface area contributed by atoms with Crippen LogP contribution in [0.4, 0.5) is 14.5 Å². The highest BCUT2D eigenvalue weighted by molar-refractivity contribution is 5.93. The Kier molecular flexibility index (Phi) is 6.45. The summed E-state index contributed by atoms with van der Waals surface area (Å²) in [5, 5.41) is 2.20. The first kappa shape index (κ1) is 18.4. The lowest BCUT2D eigenvalue weighted by Crippen LogP contribution is -2.22. The van der Waals surface area contributed by atoms with Crippen LogP contribution in [0.15, 0.2) is 42.5 Å². The van der Waals surface area contributed by atoms with Crippen LogP contribution >= 0.6 is 0 Å². The predicted molar refractivity (Wildman–Crippen MR) is 87.3 cm³/mol. The van der Waals surface area contributed by atoms with Crippen LogP contribution in [-0.4, -0.2) is 25.1 Å². The second kappa shape index (κ2) is 8.77. The van der Waals surface area contributed by atoms with Crippen LogP contribution < -0.4 is 10.1 Å². The molecule has 0 aliphatic heterocycles. The van der Waals surface area contributed by atoms with Crippen molar-refractivity contribution in [2.24, 2.45) is 0 Å². The van der Waals surface area contributed by atoms with Crippen LogP contribution in [0.1, 0.15) is 12.5 Å². The van der Waals surface area contributed by atoms with Crippen molar-refractivity contribution in [2.75, 3.05) is 18.5 Å². The summed E-state index contributed by atoms with van der Waals surface area (Å²) >= 11 is 0. The van der Waals surface area contributed by atoms with Gasteiger partial charge in [0.25, 0.3) is 5.91 Å². The van der Waals surface area contributed by atoms with E-state index in [1.807, 2.05) is 6.92 Å². The molecule has 0 saturated carbocycles. The van der Waals surface area contributed by atoms with Crippen molar-refractivity contribution in [3.8, 4) is 5.75 Å². The minimum atomic E-state index is -0.908. The minimum absolute atomic E-state index is 0.00933. The number of benzene rings is 2. The van der Waals surface area contributed by atoms with E-state index in [2.05, 4.69) is 5.32 Å². The number of hydrogen-bond donors (Lipinski definition) is 1. The summed E-state index contributed by atoms with van der Waals surface area (Å²) in [4.78, 5) is 23.4. The van der Waals surface area contributed by atoms with Gasteiger partial charge in [0.05, 0.1) is 18.7 Å². The lowest BCUT2D eigenvalue weighted by molar-refractivity contribution is -0.146. The number of rotatable bonds is 7. The zero-order chi connectivity index (χ0) is 18.2. The summed E-state index contributed by atoms with van der Waals surface area (Å²) < 4.78 is 36.3. The minimum Gasteiger partial charge on any atom is -0.494 e. The van der Waals surface area contributed by atoms with Crippen molar-refractivity contribution in [2.45, 2.75) is 13.3 Å². The quantitative estimate of drug-likeness (QED) is 0.780. The highest BCUT2D eigenvalue weighted by Crippen LogP contribution is 2.15. The fourth-order valence-corrected chi connectivity index (χ4v) is 2.01. The summed E-state index contributed by atoms with van der Waals surface area (Å²) in [5.74, 6) is -2.28. The number of carbonyl (C=O) groups excluding carboxylic acids is 2. The molecule has 7 heteroatoms. The molecule has 5 nitrogen and oxygen atoms in total. The number of amides is 1. The average molecular weight is 349 g/mol. The summed E-state index contributed by atoms with van der Waals surface area (Å²) in [5.41, 5.74) is 0.521. The van der Waals surface area contributed by atoms with Crippen LogP contribution in [0.3, 0.4) is 0 Å². The molecule has 0 saturated heterocycles. The maximum absolute atomic E-state index is 13.4. The third-order valence-electron chi connectivity index (χ3n) is 3.15. The Morgan fingerprint density at radius 3 is 2.44 bits per heavy atom. The molecule has 2 rings (SSSR count). The van der Waals surface area contributed by atoms with Gasteiger partial charge < -0.3 is 14.8 Å². The molecule has 0 fully saturated rings. The van der Waals surface area contributed by atoms with Gasteiger partial charge in [0.15, 0.2) is 6.61 Å². The number of hydrogen-bond acceptors (Lipinski definition) is 4. The largest absolute Gasteiger partial charge is 0.494 e. The zero-order valence-corrected chi connectivity index (χ0v) is 13.6. The van der Waals surface area contributed by atoms with Gasteiger partial charge in [-0.15, -0.1) is 0 Å². The molecular weight excluding hydrogens is 332 g/mol. The van der Waals surface area contributed by atoms with Crippen LogP contribution in [-0.2, 0) is 20.7 Å². The predicted octanol–water partition coefficient (Wildman–Crippen LogP) is 3.09. The van der Waals surface area contributed by atoms with Gasteiger partial charge in [-0.1, -0.05) is 12.1 Å². The molecule has 0 aromatic heterocycles. The van der Waals surface area contributed by atoms with Gasteiger partial charge in [-0.25, -0.2) is 8.78 Å². The van der Waals surface area contributed by atoms with E-state index in [0.29, 0.717) is 24.0 Å². The molecule has 0 heterocycles. The number of ether oxygens (including phenoxy) is 2. The number of carbonyl (C=O) groups is 2. The Morgan fingerprint density at radius 1 is 1.08 bits per heavy atom. The van der Waals surface area contributed by atoms with Gasteiger partial charge in [-0.05, 0) is 36.8 Å². The zero-order valence-electron chi connectivity index (χ0n) is 13.6. The molecule has 132 valence electrons. The molecular formula is C18H17F2NO4. The molecule has 0 unspecified atom stereocenters. The van der Waals surface area contributed by atoms with Crippen LogP contribution in [0, 0.1) is 11.6 Å². The second-order valence-electron chi connectivity index (χ2n) is 5.09. The van der Waals surface area contributed by atoms with Crippen molar-refractivity contribution in [3.63, 3.8) is 0 Å². The number of halogens is 2. The van der Waals surface area contributed by atoms with E-state index >= 15 is 0 Å². The number of anilines is 1. The average Bonchev–Trinajstić information content (AvgIpc) is 2.58. The van der Waals surface area contributed by atoms with Gasteiger partial charge in [-0.2, -0.15) is 0 Å². The van der Waals surface area contributed by atoms with E-state index in [1.165, 1.54) is 0 Å². The third-order valence-corrected chi connectivity index (χ3v) is 3.15. The van der Waals surface area contributed by atoms with Gasteiger partial charge >= 0.3 is 5.97 Å². The standard InChI is InChI=1S/C18H17F2NO4/c1-2-24-14-6-3-12(4-7-14)9-18(23)25-11-17(22)21-16-8-5-13(19)10-15(16)20/h3-8,10H,2,9,11H2,1H3,(H,21,22). The summed E-state index contributed by atoms with van der Waals surface area (Å²) in [6, 6.07) is 9.65. The fraction of sp³-hybridized carbons (Fsp3) is 0.222. The molecule has 1 N–H and O–H groups in total. The van der Waals surface area contributed by atoms with Crippen LogP contribution in [0.25, 0.3) is 0 Å². The lowest BCUT2D eigenvalue weighted by atomic mass is 10.1. The molecule has 1 amide bonds. The number of nitrogens with one attached hydrogen (secondary N) is 1. The van der Waals surface area contributed by atoms with E-state index in [4.69, 9.17) is 9.47 Å².